The van der Waals surface area contributed by atoms with E-state index >= 15 is 0 Å². The number of amides is 1. The van der Waals surface area contributed by atoms with E-state index in [0.717, 1.165) is 33.6 Å². The molecule has 2 N–H and O–H groups in total. The lowest BCUT2D eigenvalue weighted by Gasteiger charge is -2.21. The van der Waals surface area contributed by atoms with E-state index in [9.17, 15) is 13.2 Å². The summed E-state index contributed by atoms with van der Waals surface area (Å²) in [5.41, 5.74) is 6.28. The molecule has 0 radical (unpaired) electrons. The number of rotatable bonds is 8. The SMILES string of the molecule is COc1cc(C)c(C(C)NC(=O)c2ccc(C)c(S(=O)(=O)Nc3cccc(C)c3C)c2)cc1C(C)C. The van der Waals surface area contributed by atoms with E-state index in [4.69, 9.17) is 4.74 Å². The predicted molar refractivity (Wildman–Crippen MR) is 146 cm³/mol. The van der Waals surface area contributed by atoms with Crippen LogP contribution in [0.2, 0.25) is 0 Å². The molecule has 0 aliphatic carbocycles. The van der Waals surface area contributed by atoms with Crippen molar-refractivity contribution in [2.45, 2.75) is 65.3 Å². The topological polar surface area (TPSA) is 84.5 Å². The zero-order valence-electron chi connectivity index (χ0n) is 22.3. The molecule has 36 heavy (non-hydrogen) atoms. The first-order valence-electron chi connectivity index (χ1n) is 12.0. The molecule has 0 aromatic heterocycles. The fraction of sp³-hybridized carbons (Fsp3) is 0.345. The zero-order chi connectivity index (χ0) is 26.8. The second kappa shape index (κ2) is 10.7. The van der Waals surface area contributed by atoms with Crippen LogP contribution < -0.4 is 14.8 Å². The Morgan fingerprint density at radius 1 is 0.861 bits per heavy atom. The average Bonchev–Trinajstić information content (AvgIpc) is 2.81. The smallest absolute Gasteiger partial charge is 0.262 e. The Labute approximate surface area is 215 Å². The van der Waals surface area contributed by atoms with Gasteiger partial charge in [-0.05, 0) is 104 Å². The van der Waals surface area contributed by atoms with Crippen molar-refractivity contribution in [2.24, 2.45) is 0 Å². The lowest BCUT2D eigenvalue weighted by atomic mass is 9.93. The van der Waals surface area contributed by atoms with Crippen molar-refractivity contribution < 1.29 is 17.9 Å². The van der Waals surface area contributed by atoms with Crippen molar-refractivity contribution in [2.75, 3.05) is 11.8 Å². The molecule has 1 amide bonds. The molecule has 0 spiro atoms. The first kappa shape index (κ1) is 27.3. The molecule has 3 aromatic rings. The van der Waals surface area contributed by atoms with Crippen LogP contribution in [0.15, 0.2) is 53.4 Å². The summed E-state index contributed by atoms with van der Waals surface area (Å²) >= 11 is 0. The molecule has 192 valence electrons. The number of methoxy groups -OCH3 is 1. The number of carbonyl (C=O) groups excluding carboxylic acids is 1. The first-order chi connectivity index (χ1) is 16.9. The summed E-state index contributed by atoms with van der Waals surface area (Å²) in [6.45, 7) is 13.6. The Hall–Kier alpha value is -3.32. The number of carbonyl (C=O) groups is 1. The first-order valence-corrected chi connectivity index (χ1v) is 13.5. The van der Waals surface area contributed by atoms with Crippen molar-refractivity contribution in [3.05, 3.63) is 87.5 Å². The summed E-state index contributed by atoms with van der Waals surface area (Å²) in [5, 5.41) is 3.03. The Bertz CT molecular complexity index is 1390. The van der Waals surface area contributed by atoms with E-state index in [2.05, 4.69) is 30.0 Å². The third-order valence-electron chi connectivity index (χ3n) is 6.64. The van der Waals surface area contributed by atoms with E-state index in [-0.39, 0.29) is 28.3 Å². The van der Waals surface area contributed by atoms with Crippen molar-refractivity contribution in [3.8, 4) is 5.75 Å². The van der Waals surface area contributed by atoms with Gasteiger partial charge in [0.15, 0.2) is 0 Å². The number of benzene rings is 3. The number of aryl methyl sites for hydroxylation is 3. The number of anilines is 1. The Morgan fingerprint density at radius 2 is 1.56 bits per heavy atom. The summed E-state index contributed by atoms with van der Waals surface area (Å²) < 4.78 is 34.7. The van der Waals surface area contributed by atoms with Crippen LogP contribution in [-0.2, 0) is 10.0 Å². The monoisotopic (exact) mass is 508 g/mol. The molecule has 0 saturated heterocycles. The molecule has 7 heteroatoms. The molecule has 0 bridgehead atoms. The number of nitrogens with one attached hydrogen (secondary N) is 2. The maximum atomic E-state index is 13.3. The van der Waals surface area contributed by atoms with Gasteiger partial charge in [-0.15, -0.1) is 0 Å². The van der Waals surface area contributed by atoms with Crippen LogP contribution in [0.25, 0.3) is 0 Å². The molecule has 0 aliphatic rings. The molecular formula is C29H36N2O4S. The Kier molecular flexibility index (Phi) is 8.14. The number of hydrogen-bond acceptors (Lipinski definition) is 4. The standard InChI is InChI=1S/C29H36N2O4S/c1-17(2)24-16-25(20(5)14-27(24)35-8)22(7)30-29(32)23-13-12-19(4)28(15-23)36(33,34)31-26-11-9-10-18(3)21(26)6/h9-17,22,31H,1-8H3,(H,30,32). The van der Waals surface area contributed by atoms with Gasteiger partial charge in [-0.3, -0.25) is 9.52 Å². The Morgan fingerprint density at radius 3 is 2.19 bits per heavy atom. The van der Waals surface area contributed by atoms with Gasteiger partial charge in [-0.1, -0.05) is 32.0 Å². The molecule has 3 rings (SSSR count). The highest BCUT2D eigenvalue weighted by molar-refractivity contribution is 7.92. The maximum Gasteiger partial charge on any atom is 0.262 e. The highest BCUT2D eigenvalue weighted by Gasteiger charge is 2.22. The highest BCUT2D eigenvalue weighted by atomic mass is 32.2. The van der Waals surface area contributed by atoms with Crippen LogP contribution >= 0.6 is 0 Å². The fourth-order valence-corrected chi connectivity index (χ4v) is 5.65. The van der Waals surface area contributed by atoms with Gasteiger partial charge in [-0.25, -0.2) is 8.42 Å². The maximum absolute atomic E-state index is 13.3. The van der Waals surface area contributed by atoms with E-state index in [1.54, 1.807) is 32.2 Å². The van der Waals surface area contributed by atoms with E-state index in [1.807, 2.05) is 45.9 Å². The van der Waals surface area contributed by atoms with Gasteiger partial charge in [0.2, 0.25) is 0 Å². The lowest BCUT2D eigenvalue weighted by molar-refractivity contribution is 0.0939. The van der Waals surface area contributed by atoms with E-state index in [1.165, 1.54) is 6.07 Å². The third kappa shape index (κ3) is 5.73. The molecule has 0 aliphatic heterocycles. The molecule has 0 fully saturated rings. The van der Waals surface area contributed by atoms with Gasteiger partial charge < -0.3 is 10.1 Å². The van der Waals surface area contributed by atoms with Crippen LogP contribution in [0.1, 0.15) is 76.5 Å². The summed E-state index contributed by atoms with van der Waals surface area (Å²) in [7, 11) is -2.24. The van der Waals surface area contributed by atoms with Crippen LogP contribution in [0.3, 0.4) is 0 Å². The minimum Gasteiger partial charge on any atom is -0.496 e. The van der Waals surface area contributed by atoms with Crippen molar-refractivity contribution in [3.63, 3.8) is 0 Å². The largest absolute Gasteiger partial charge is 0.496 e. The lowest BCUT2D eigenvalue weighted by Crippen LogP contribution is -2.27. The van der Waals surface area contributed by atoms with Crippen LogP contribution in [0.5, 0.6) is 5.75 Å². The summed E-state index contributed by atoms with van der Waals surface area (Å²) in [5.74, 6) is 0.748. The number of ether oxygens (including phenoxy) is 1. The second-order valence-electron chi connectivity index (χ2n) is 9.63. The van der Waals surface area contributed by atoms with Gasteiger partial charge in [0.05, 0.1) is 23.7 Å². The quantitative estimate of drug-likeness (QED) is 0.372. The summed E-state index contributed by atoms with van der Waals surface area (Å²) in [6.07, 6.45) is 0. The molecule has 1 unspecified atom stereocenters. The zero-order valence-corrected chi connectivity index (χ0v) is 23.1. The van der Waals surface area contributed by atoms with Crippen molar-refractivity contribution >= 4 is 21.6 Å². The number of hydrogen-bond donors (Lipinski definition) is 2. The summed E-state index contributed by atoms with van der Waals surface area (Å²) in [6, 6.07) is 14.0. The molecule has 0 saturated carbocycles. The highest BCUT2D eigenvalue weighted by Crippen LogP contribution is 2.32. The normalized spacial score (nSPS) is 12.4. The predicted octanol–water partition coefficient (Wildman–Crippen LogP) is 6.34. The van der Waals surface area contributed by atoms with Crippen LogP contribution in [-0.4, -0.2) is 21.4 Å². The van der Waals surface area contributed by atoms with Gasteiger partial charge in [-0.2, -0.15) is 0 Å². The van der Waals surface area contributed by atoms with Gasteiger partial charge in [0.25, 0.3) is 15.9 Å². The molecule has 0 heterocycles. The molecule has 1 atom stereocenters. The van der Waals surface area contributed by atoms with Crippen LogP contribution in [0, 0.1) is 27.7 Å². The number of sulfonamides is 1. The van der Waals surface area contributed by atoms with Crippen LogP contribution in [0.4, 0.5) is 5.69 Å². The van der Waals surface area contributed by atoms with E-state index in [0.29, 0.717) is 11.3 Å². The fourth-order valence-electron chi connectivity index (χ4n) is 4.26. The summed E-state index contributed by atoms with van der Waals surface area (Å²) in [4.78, 5) is 13.3. The van der Waals surface area contributed by atoms with Crippen molar-refractivity contribution in [1.82, 2.24) is 5.32 Å². The molecule has 6 nitrogen and oxygen atoms in total. The molecule has 3 aromatic carbocycles. The molecular weight excluding hydrogens is 472 g/mol. The minimum absolute atomic E-state index is 0.0754. The van der Waals surface area contributed by atoms with Gasteiger partial charge >= 0.3 is 0 Å². The van der Waals surface area contributed by atoms with E-state index < -0.39 is 10.0 Å². The Balaban J connectivity index is 1.89. The van der Waals surface area contributed by atoms with Gasteiger partial charge in [0.1, 0.15) is 5.75 Å². The minimum atomic E-state index is -3.89. The van der Waals surface area contributed by atoms with Crippen molar-refractivity contribution in [1.29, 1.82) is 0 Å². The average molecular weight is 509 g/mol. The van der Waals surface area contributed by atoms with Gasteiger partial charge in [0, 0.05) is 5.56 Å². The second-order valence-corrected chi connectivity index (χ2v) is 11.3. The third-order valence-corrected chi connectivity index (χ3v) is 8.15.